The average molecular weight is 319 g/mol. The number of hydrogen-bond acceptors (Lipinski definition) is 4. The van der Waals surface area contributed by atoms with E-state index in [1.54, 1.807) is 0 Å². The van der Waals surface area contributed by atoms with Crippen molar-refractivity contribution < 1.29 is 14.6 Å². The molecule has 2 aliphatic rings. The molecule has 0 bridgehead atoms. The summed E-state index contributed by atoms with van der Waals surface area (Å²) in [6.45, 7) is 3.34. The van der Waals surface area contributed by atoms with Gasteiger partial charge in [0.2, 0.25) is 0 Å². The fraction of sp³-hybridized carbons (Fsp3) is 0.684. The van der Waals surface area contributed by atoms with Crippen LogP contribution in [0.1, 0.15) is 38.5 Å². The summed E-state index contributed by atoms with van der Waals surface area (Å²) >= 11 is 0. The fourth-order valence-electron chi connectivity index (χ4n) is 3.78. The summed E-state index contributed by atoms with van der Waals surface area (Å²) in [5, 5.41) is 10.2. The van der Waals surface area contributed by atoms with E-state index in [1.807, 2.05) is 30.3 Å². The quantitative estimate of drug-likeness (QED) is 0.819. The Hall–Kier alpha value is -1.10. The fourth-order valence-corrected chi connectivity index (χ4v) is 3.78. The van der Waals surface area contributed by atoms with E-state index in [1.165, 1.54) is 12.8 Å². The Labute approximate surface area is 139 Å². The predicted molar refractivity (Wildman–Crippen MR) is 90.7 cm³/mol. The Balaban J connectivity index is 1.31. The molecule has 3 rings (SSSR count). The molecule has 1 aromatic rings. The van der Waals surface area contributed by atoms with Gasteiger partial charge >= 0.3 is 0 Å². The van der Waals surface area contributed by atoms with Crippen LogP contribution in [0.15, 0.2) is 30.3 Å². The Morgan fingerprint density at radius 1 is 0.957 bits per heavy atom. The number of ether oxygens (including phenoxy) is 2. The van der Waals surface area contributed by atoms with Gasteiger partial charge in [0.15, 0.2) is 0 Å². The Morgan fingerprint density at radius 3 is 2.43 bits per heavy atom. The van der Waals surface area contributed by atoms with Crippen LogP contribution >= 0.6 is 0 Å². The topological polar surface area (TPSA) is 41.9 Å². The standard InChI is InChI=1S/C19H29NO3/c21-19-9-5-4-8-18(19)20-12-10-17(11-13-20)23-15-14-22-16-6-2-1-3-7-16/h1-3,6-7,17-19,21H,4-5,8-15H2/t18-,19-/m0/s1. The van der Waals surface area contributed by atoms with E-state index >= 15 is 0 Å². The number of aliphatic hydroxyl groups is 1. The molecule has 1 heterocycles. The first-order chi connectivity index (χ1) is 11.3. The first-order valence-electron chi connectivity index (χ1n) is 9.04. The van der Waals surface area contributed by atoms with E-state index < -0.39 is 0 Å². The van der Waals surface area contributed by atoms with Crippen LogP contribution in [-0.4, -0.2) is 54.6 Å². The lowest BCUT2D eigenvalue weighted by Gasteiger charge is -2.41. The molecule has 4 heteroatoms. The predicted octanol–water partition coefficient (Wildman–Crippen LogP) is 2.85. The van der Waals surface area contributed by atoms with Gasteiger partial charge in [-0.1, -0.05) is 31.0 Å². The molecule has 2 fully saturated rings. The number of rotatable bonds is 6. The molecule has 2 atom stereocenters. The van der Waals surface area contributed by atoms with Gasteiger partial charge in [-0.2, -0.15) is 0 Å². The van der Waals surface area contributed by atoms with Crippen LogP contribution in [0.4, 0.5) is 0 Å². The molecule has 0 amide bonds. The molecule has 0 unspecified atom stereocenters. The van der Waals surface area contributed by atoms with Crippen LogP contribution in [0, 0.1) is 0 Å². The monoisotopic (exact) mass is 319 g/mol. The molecule has 0 radical (unpaired) electrons. The highest BCUT2D eigenvalue weighted by Crippen LogP contribution is 2.26. The van der Waals surface area contributed by atoms with Gasteiger partial charge in [0.1, 0.15) is 12.4 Å². The van der Waals surface area contributed by atoms with Crippen molar-refractivity contribution in [2.24, 2.45) is 0 Å². The summed E-state index contributed by atoms with van der Waals surface area (Å²) in [7, 11) is 0. The van der Waals surface area contributed by atoms with Crippen molar-refractivity contribution in [1.29, 1.82) is 0 Å². The van der Waals surface area contributed by atoms with E-state index in [2.05, 4.69) is 4.90 Å². The molecule has 128 valence electrons. The largest absolute Gasteiger partial charge is 0.491 e. The highest BCUT2D eigenvalue weighted by atomic mass is 16.5. The van der Waals surface area contributed by atoms with Crippen LogP contribution in [0.25, 0.3) is 0 Å². The lowest BCUT2D eigenvalue weighted by molar-refractivity contribution is -0.0391. The van der Waals surface area contributed by atoms with Gasteiger partial charge in [-0.15, -0.1) is 0 Å². The minimum Gasteiger partial charge on any atom is -0.491 e. The third kappa shape index (κ3) is 4.93. The average Bonchev–Trinajstić information content (AvgIpc) is 2.61. The minimum atomic E-state index is -0.125. The summed E-state index contributed by atoms with van der Waals surface area (Å²) in [6.07, 6.45) is 6.90. The second-order valence-electron chi connectivity index (χ2n) is 6.69. The van der Waals surface area contributed by atoms with Crippen molar-refractivity contribution in [2.45, 2.75) is 56.8 Å². The van der Waals surface area contributed by atoms with Gasteiger partial charge in [-0.3, -0.25) is 4.90 Å². The maximum atomic E-state index is 10.2. The molecule has 0 spiro atoms. The molecule has 1 aromatic carbocycles. The van der Waals surface area contributed by atoms with Crippen molar-refractivity contribution in [3.63, 3.8) is 0 Å². The molecule has 0 aromatic heterocycles. The van der Waals surface area contributed by atoms with Crippen molar-refractivity contribution in [1.82, 2.24) is 4.90 Å². The minimum absolute atomic E-state index is 0.125. The Kier molecular flexibility index (Phi) is 6.31. The summed E-state index contributed by atoms with van der Waals surface area (Å²) in [6, 6.07) is 10.3. The molecule has 4 nitrogen and oxygen atoms in total. The zero-order valence-corrected chi connectivity index (χ0v) is 13.9. The van der Waals surface area contributed by atoms with E-state index in [0.717, 1.165) is 44.5 Å². The zero-order valence-electron chi connectivity index (χ0n) is 13.9. The van der Waals surface area contributed by atoms with Crippen molar-refractivity contribution in [2.75, 3.05) is 26.3 Å². The lowest BCUT2D eigenvalue weighted by Crippen LogP contribution is -2.49. The first kappa shape index (κ1) is 16.7. The van der Waals surface area contributed by atoms with E-state index in [0.29, 0.717) is 25.4 Å². The van der Waals surface area contributed by atoms with Gasteiger partial charge in [-0.25, -0.2) is 0 Å². The number of benzene rings is 1. The maximum absolute atomic E-state index is 10.2. The van der Waals surface area contributed by atoms with Gasteiger partial charge in [-0.05, 0) is 37.8 Å². The lowest BCUT2D eigenvalue weighted by atomic mass is 9.90. The maximum Gasteiger partial charge on any atom is 0.119 e. The summed E-state index contributed by atoms with van der Waals surface area (Å²) in [5.74, 6) is 0.900. The van der Waals surface area contributed by atoms with Crippen LogP contribution in [0.3, 0.4) is 0 Å². The summed E-state index contributed by atoms with van der Waals surface area (Å²) in [5.41, 5.74) is 0. The highest BCUT2D eigenvalue weighted by Gasteiger charge is 2.31. The summed E-state index contributed by atoms with van der Waals surface area (Å²) < 4.78 is 11.6. The van der Waals surface area contributed by atoms with Gasteiger partial charge in [0.05, 0.1) is 18.8 Å². The zero-order chi connectivity index (χ0) is 15.9. The second-order valence-corrected chi connectivity index (χ2v) is 6.69. The molecular formula is C19H29NO3. The number of piperidine rings is 1. The molecule has 1 saturated heterocycles. The van der Waals surface area contributed by atoms with Crippen LogP contribution in [0.2, 0.25) is 0 Å². The summed E-state index contributed by atoms with van der Waals surface area (Å²) in [4.78, 5) is 2.48. The Bertz CT molecular complexity index is 445. The van der Waals surface area contributed by atoms with Crippen LogP contribution in [-0.2, 0) is 4.74 Å². The molecule has 1 aliphatic carbocycles. The molecule has 23 heavy (non-hydrogen) atoms. The number of likely N-dealkylation sites (tertiary alicyclic amines) is 1. The first-order valence-corrected chi connectivity index (χ1v) is 9.04. The van der Waals surface area contributed by atoms with Crippen molar-refractivity contribution in [3.05, 3.63) is 30.3 Å². The normalized spacial score (nSPS) is 27.0. The van der Waals surface area contributed by atoms with Crippen molar-refractivity contribution >= 4 is 0 Å². The van der Waals surface area contributed by atoms with Crippen LogP contribution in [0.5, 0.6) is 5.75 Å². The smallest absolute Gasteiger partial charge is 0.119 e. The van der Waals surface area contributed by atoms with Crippen molar-refractivity contribution in [3.8, 4) is 5.75 Å². The third-order valence-corrected chi connectivity index (χ3v) is 5.09. The number of aliphatic hydroxyl groups excluding tert-OH is 1. The third-order valence-electron chi connectivity index (χ3n) is 5.09. The molecular weight excluding hydrogens is 290 g/mol. The SMILES string of the molecule is O[C@H]1CCCC[C@@H]1N1CCC(OCCOc2ccccc2)CC1. The highest BCUT2D eigenvalue weighted by molar-refractivity contribution is 5.20. The number of nitrogens with zero attached hydrogens (tertiary/aromatic N) is 1. The molecule has 1 N–H and O–H groups in total. The molecule has 1 aliphatic heterocycles. The van der Waals surface area contributed by atoms with Gasteiger partial charge in [0.25, 0.3) is 0 Å². The van der Waals surface area contributed by atoms with E-state index in [-0.39, 0.29) is 6.10 Å². The van der Waals surface area contributed by atoms with E-state index in [9.17, 15) is 5.11 Å². The Morgan fingerprint density at radius 2 is 1.70 bits per heavy atom. The van der Waals surface area contributed by atoms with Gasteiger partial charge in [0, 0.05) is 19.1 Å². The second kappa shape index (κ2) is 8.67. The number of hydrogen-bond donors (Lipinski definition) is 1. The number of para-hydroxylation sites is 1. The van der Waals surface area contributed by atoms with Gasteiger partial charge < -0.3 is 14.6 Å². The molecule has 1 saturated carbocycles. The van der Waals surface area contributed by atoms with Crippen LogP contribution < -0.4 is 4.74 Å². The van der Waals surface area contributed by atoms with E-state index in [4.69, 9.17) is 9.47 Å².